The van der Waals surface area contributed by atoms with E-state index in [9.17, 15) is 39.4 Å². The van der Waals surface area contributed by atoms with Crippen LogP contribution in [0, 0.1) is 20.2 Å². The number of carbonyl (C=O) groups excluding carboxylic acids is 3. The third-order valence-electron chi connectivity index (χ3n) is 6.83. The first-order valence-electron chi connectivity index (χ1n) is 16.6. The lowest BCUT2D eigenvalue weighted by Crippen LogP contribution is -2.52. The van der Waals surface area contributed by atoms with Gasteiger partial charge in [-0.1, -0.05) is 12.1 Å². The molecule has 2 aromatic rings. The minimum absolute atomic E-state index is 0.0964. The summed E-state index contributed by atoms with van der Waals surface area (Å²) in [6.07, 6.45) is -0.591. The molecule has 0 bridgehead atoms. The van der Waals surface area contributed by atoms with Crippen LogP contribution in [0.25, 0.3) is 0 Å². The predicted octanol–water partition coefficient (Wildman–Crippen LogP) is 3.94. The summed E-state index contributed by atoms with van der Waals surface area (Å²) in [5, 5.41) is 32.5. The van der Waals surface area contributed by atoms with Crippen molar-refractivity contribution in [3.63, 3.8) is 0 Å². The molecular formula is C34H48N6O13. The van der Waals surface area contributed by atoms with E-state index in [4.69, 9.17) is 24.1 Å². The third-order valence-corrected chi connectivity index (χ3v) is 6.83. The summed E-state index contributed by atoms with van der Waals surface area (Å²) in [6.45, 7) is 15.1. The van der Waals surface area contributed by atoms with Crippen molar-refractivity contribution in [2.24, 2.45) is 0 Å². The molecule has 53 heavy (non-hydrogen) atoms. The van der Waals surface area contributed by atoms with Crippen LogP contribution in [-0.4, -0.2) is 130 Å². The molecule has 19 nitrogen and oxygen atoms in total. The predicted molar refractivity (Wildman–Crippen MR) is 190 cm³/mol. The summed E-state index contributed by atoms with van der Waals surface area (Å²) in [5.41, 5.74) is -1.17. The van der Waals surface area contributed by atoms with Crippen molar-refractivity contribution >= 4 is 35.4 Å². The quantitative estimate of drug-likeness (QED) is 0.288. The molecule has 0 aromatic heterocycles. The molecule has 0 saturated carbocycles. The van der Waals surface area contributed by atoms with Crippen LogP contribution in [-0.2, 0) is 19.1 Å². The molecule has 0 unspecified atom stereocenters. The van der Waals surface area contributed by atoms with Crippen molar-refractivity contribution in [1.82, 2.24) is 20.0 Å². The molecule has 2 heterocycles. The molecule has 2 N–H and O–H groups in total. The Hall–Kier alpha value is -5.72. The molecule has 0 radical (unpaired) electrons. The molecule has 2 aliphatic rings. The first-order chi connectivity index (χ1) is 24.7. The van der Waals surface area contributed by atoms with Gasteiger partial charge in [0.05, 0.1) is 22.0 Å². The first kappa shape index (κ1) is 43.4. The van der Waals surface area contributed by atoms with Crippen molar-refractivity contribution in [1.29, 1.82) is 0 Å². The number of nitrogens with zero attached hydrogens (tertiary/aromatic N) is 5. The second-order valence-corrected chi connectivity index (χ2v) is 13.5. The van der Waals surface area contributed by atoms with Gasteiger partial charge in [0.15, 0.2) is 13.2 Å². The molecule has 0 atom stereocenters. The van der Waals surface area contributed by atoms with Gasteiger partial charge >= 0.3 is 18.2 Å². The van der Waals surface area contributed by atoms with Gasteiger partial charge in [-0.25, -0.2) is 14.4 Å². The van der Waals surface area contributed by atoms with E-state index in [1.807, 2.05) is 20.8 Å². The Bertz CT molecular complexity index is 1560. The summed E-state index contributed by atoms with van der Waals surface area (Å²) in [5.74, 6) is -0.932. The molecule has 19 heteroatoms. The van der Waals surface area contributed by atoms with E-state index in [-0.39, 0.29) is 47.1 Å². The highest BCUT2D eigenvalue weighted by Crippen LogP contribution is 2.20. The lowest BCUT2D eigenvalue weighted by atomic mass is 10.2. The largest absolute Gasteiger partial charge is 0.484 e. The fourth-order valence-corrected chi connectivity index (χ4v) is 4.39. The molecule has 4 rings (SSSR count). The summed E-state index contributed by atoms with van der Waals surface area (Å²) in [4.78, 5) is 70.7. The number of carboxylic acid groups (broad SMARTS) is 1. The number of nitro benzene ring substituents is 2. The highest BCUT2D eigenvalue weighted by Gasteiger charge is 2.28. The fraction of sp³-hybridized carbons (Fsp3) is 0.529. The monoisotopic (exact) mass is 748 g/mol. The highest BCUT2D eigenvalue weighted by atomic mass is 16.6. The third kappa shape index (κ3) is 17.4. The van der Waals surface area contributed by atoms with Gasteiger partial charge in [-0.15, -0.1) is 0 Å². The van der Waals surface area contributed by atoms with Crippen molar-refractivity contribution in [3.05, 3.63) is 68.8 Å². The lowest BCUT2D eigenvalue weighted by molar-refractivity contribution is -0.385. The van der Waals surface area contributed by atoms with Crippen molar-refractivity contribution in [2.45, 2.75) is 52.7 Å². The second-order valence-electron chi connectivity index (χ2n) is 13.5. The van der Waals surface area contributed by atoms with Crippen molar-refractivity contribution in [3.8, 4) is 11.5 Å². The molecule has 292 valence electrons. The number of rotatable bonds is 8. The van der Waals surface area contributed by atoms with Gasteiger partial charge in [0.2, 0.25) is 0 Å². The first-order valence-corrected chi connectivity index (χ1v) is 16.6. The van der Waals surface area contributed by atoms with Crippen LogP contribution < -0.4 is 14.8 Å². The maximum absolute atomic E-state index is 12.2. The molecule has 2 aromatic carbocycles. The van der Waals surface area contributed by atoms with Gasteiger partial charge in [0.1, 0.15) is 22.7 Å². The number of amides is 3. The number of aliphatic carboxylic acids is 1. The minimum atomic E-state index is -1.13. The summed E-state index contributed by atoms with van der Waals surface area (Å²) < 4.78 is 20.7. The number of hydrogen-bond donors (Lipinski definition) is 2. The Balaban J connectivity index is 0.000000303. The Kier molecular flexibility index (Phi) is 16.7. The van der Waals surface area contributed by atoms with E-state index in [2.05, 4.69) is 5.32 Å². The number of carbonyl (C=O) groups is 4. The number of benzene rings is 2. The number of carboxylic acids is 1. The zero-order valence-electron chi connectivity index (χ0n) is 30.8. The fourth-order valence-electron chi connectivity index (χ4n) is 4.39. The molecule has 2 aliphatic heterocycles. The van der Waals surface area contributed by atoms with Crippen molar-refractivity contribution < 1.29 is 53.1 Å². The zero-order valence-corrected chi connectivity index (χ0v) is 30.8. The van der Waals surface area contributed by atoms with Gasteiger partial charge < -0.3 is 44.1 Å². The van der Waals surface area contributed by atoms with Crippen LogP contribution in [0.2, 0.25) is 0 Å². The van der Waals surface area contributed by atoms with E-state index < -0.39 is 34.1 Å². The molecule has 0 spiro atoms. The molecule has 2 fully saturated rings. The van der Waals surface area contributed by atoms with Gasteiger partial charge in [0.25, 0.3) is 17.3 Å². The smallest absolute Gasteiger partial charge is 0.410 e. The van der Waals surface area contributed by atoms with E-state index in [0.717, 1.165) is 26.2 Å². The Morgan fingerprint density at radius 3 is 1.47 bits per heavy atom. The van der Waals surface area contributed by atoms with Crippen LogP contribution in [0.4, 0.5) is 21.0 Å². The van der Waals surface area contributed by atoms with Crippen LogP contribution >= 0.6 is 0 Å². The van der Waals surface area contributed by atoms with E-state index in [1.54, 1.807) is 41.5 Å². The molecule has 2 saturated heterocycles. The maximum atomic E-state index is 12.2. The SMILES string of the molecule is CC(C)(C)OC(=O)N1CCN(C(=O)COc2cccc([N+](=O)[O-])c2)CC1.CC(C)(C)OC(=O)N1CCNCC1.O=C(O)COc1cccc([N+](=O)[O-])c1. The van der Waals surface area contributed by atoms with Gasteiger partial charge in [-0.05, 0) is 53.7 Å². The van der Waals surface area contributed by atoms with Gasteiger partial charge in [0, 0.05) is 64.5 Å². The van der Waals surface area contributed by atoms with E-state index in [0.29, 0.717) is 26.2 Å². The molecular weight excluding hydrogens is 700 g/mol. The number of nitro groups is 2. The molecule has 3 amide bonds. The van der Waals surface area contributed by atoms with Crippen LogP contribution in [0.3, 0.4) is 0 Å². The van der Waals surface area contributed by atoms with Gasteiger partial charge in [-0.2, -0.15) is 0 Å². The number of nitrogens with one attached hydrogen (secondary N) is 1. The topological polar surface area (TPSA) is 233 Å². The Morgan fingerprint density at radius 2 is 1.08 bits per heavy atom. The summed E-state index contributed by atoms with van der Waals surface area (Å²) in [7, 11) is 0. The average molecular weight is 749 g/mol. The number of piperazine rings is 2. The minimum Gasteiger partial charge on any atom is -0.484 e. The highest BCUT2D eigenvalue weighted by molar-refractivity contribution is 5.78. The Labute approximate surface area is 307 Å². The van der Waals surface area contributed by atoms with Gasteiger partial charge in [-0.3, -0.25) is 25.0 Å². The standard InChI is InChI=1S/C17H23N3O6.C9H18N2O2.C8H7NO5/c1-17(2,3)26-16(22)19-9-7-18(8-10-19)15(21)12-25-14-6-4-5-13(11-14)20(23)24;1-9(2,3)13-8(12)11-6-4-10-5-7-11;10-8(11)5-14-7-3-1-2-6(4-7)9(12)13/h4-6,11H,7-10,12H2,1-3H3;10H,4-7H2,1-3H3;1-4H,5H2,(H,10,11). The normalized spacial score (nSPS) is 14.3. The van der Waals surface area contributed by atoms with Crippen LogP contribution in [0.1, 0.15) is 41.5 Å². The summed E-state index contributed by atoms with van der Waals surface area (Å²) >= 11 is 0. The lowest BCUT2D eigenvalue weighted by Gasteiger charge is -2.35. The number of ether oxygens (including phenoxy) is 4. The van der Waals surface area contributed by atoms with Crippen molar-refractivity contribution in [2.75, 3.05) is 65.6 Å². The second kappa shape index (κ2) is 20.4. The van der Waals surface area contributed by atoms with E-state index >= 15 is 0 Å². The zero-order chi connectivity index (χ0) is 39.8. The van der Waals surface area contributed by atoms with Crippen LogP contribution in [0.5, 0.6) is 11.5 Å². The number of hydrogen-bond acceptors (Lipinski definition) is 13. The maximum Gasteiger partial charge on any atom is 0.410 e. The Morgan fingerprint density at radius 1 is 0.679 bits per heavy atom. The summed E-state index contributed by atoms with van der Waals surface area (Å²) in [6, 6.07) is 11.0. The van der Waals surface area contributed by atoms with E-state index in [1.165, 1.54) is 42.5 Å². The van der Waals surface area contributed by atoms with Crippen LogP contribution in [0.15, 0.2) is 48.5 Å². The number of non-ortho nitro benzene ring substituents is 2. The average Bonchev–Trinajstić information content (AvgIpc) is 3.09. The molecule has 0 aliphatic carbocycles.